The molecule has 4 aromatic heterocycles. The Kier molecular flexibility index (Phi) is 20.0. The minimum absolute atomic E-state index is 0.0967. The van der Waals surface area contributed by atoms with Gasteiger partial charge in [0.25, 0.3) is 9.05 Å². The van der Waals surface area contributed by atoms with Crippen molar-refractivity contribution < 1.29 is 44.6 Å². The molecule has 76 heavy (non-hydrogen) atoms. The van der Waals surface area contributed by atoms with Gasteiger partial charge in [0.15, 0.2) is 11.5 Å². The summed E-state index contributed by atoms with van der Waals surface area (Å²) in [6, 6.07) is 17.5. The van der Waals surface area contributed by atoms with E-state index >= 15 is 0 Å². The summed E-state index contributed by atoms with van der Waals surface area (Å²) in [5.41, 5.74) is 3.06. The second-order valence-corrected chi connectivity index (χ2v) is 23.3. The Labute approximate surface area is 449 Å². The molecule has 8 heterocycles. The lowest BCUT2D eigenvalue weighted by atomic mass is 10.0. The predicted octanol–water partition coefficient (Wildman–Crippen LogP) is 10.2. The minimum Gasteiger partial charge on any atom is -0.474 e. The summed E-state index contributed by atoms with van der Waals surface area (Å²) in [5.74, 6) is 2.30. The summed E-state index contributed by atoms with van der Waals surface area (Å²) >= 11 is 0. The number of hydrogen-bond acceptors (Lipinski definition) is 16. The third kappa shape index (κ3) is 15.2. The fourth-order valence-electron chi connectivity index (χ4n) is 9.63. The molecule has 22 heteroatoms. The third-order valence-electron chi connectivity index (χ3n) is 13.7. The maximum atomic E-state index is 13.3. The molecule has 4 unspecified atom stereocenters. The number of hydrogen-bond donors (Lipinski definition) is 1. The zero-order valence-corrected chi connectivity index (χ0v) is 46.2. The molecule has 4 atom stereocenters. The molecule has 0 saturated carbocycles. The number of rotatable bonds is 14. The van der Waals surface area contributed by atoms with Crippen molar-refractivity contribution in [2.75, 3.05) is 19.6 Å². The molecule has 4 fully saturated rings. The van der Waals surface area contributed by atoms with Crippen LogP contribution in [0.3, 0.4) is 0 Å². The van der Waals surface area contributed by atoms with Gasteiger partial charge in [-0.2, -0.15) is 4.31 Å². The predicted molar refractivity (Wildman–Crippen MR) is 284 cm³/mol. The standard InChI is InChI=1S/C24H25FN4O4S.C18H22N4O2.C6H4ClFO2S.C6H15N/c1-15-23(27-14-28-24(15)33-22-4-3-11-26-16(22)2)32-20-12-18-7-8-19(13-20)29(18)34(30,31)21-9-5-17(25)6-10-21;1-11-17(23-15-8-13-5-6-14(9-15)22-13)20-10-21-18(11)24-16-4-3-7-19-12(16)2;7-11(9,10)6-3-1-5(8)2-4-6;1-4-7(5-2)6-3/h3-6,9-11,14,18-20H,7-8,12-13H2,1-2H3;3-4,7,10,13-15,22H,5-6,8-9H2,1-2H3;1-4H;4-6H2,1-3H3. The van der Waals surface area contributed by atoms with Gasteiger partial charge in [-0.15, -0.1) is 0 Å². The van der Waals surface area contributed by atoms with E-state index < -0.39 is 30.7 Å². The van der Waals surface area contributed by atoms with Crippen molar-refractivity contribution in [3.05, 3.63) is 132 Å². The van der Waals surface area contributed by atoms with Gasteiger partial charge in [-0.3, -0.25) is 9.97 Å². The van der Waals surface area contributed by atoms with Gasteiger partial charge in [-0.25, -0.2) is 45.6 Å². The van der Waals surface area contributed by atoms with Crippen molar-refractivity contribution in [2.45, 2.75) is 146 Å². The van der Waals surface area contributed by atoms with Gasteiger partial charge in [-0.1, -0.05) is 20.8 Å². The SMILES string of the molecule is CCN(CC)CC.Cc1ncccc1Oc1ncnc(OC2CC3CCC(C2)N3)c1C.Cc1ncccc1Oc1ncnc(OC2CC3CCC(C2)N3S(=O)(=O)c2ccc(F)cc2)c1C.O=S(=O)(Cl)c1ccc(F)cc1. The molecule has 408 valence electrons. The average Bonchev–Trinajstić information content (AvgIpc) is 3.89. The molecule has 0 amide bonds. The molecule has 0 radical (unpaired) electrons. The molecule has 2 aromatic carbocycles. The summed E-state index contributed by atoms with van der Waals surface area (Å²) in [5, 5.41) is 3.63. The molecular formula is C54H66ClF2N9O8S2. The molecule has 10 rings (SSSR count). The summed E-state index contributed by atoms with van der Waals surface area (Å²) in [6.07, 6.45) is 13.6. The van der Waals surface area contributed by atoms with Crippen LogP contribution in [0.5, 0.6) is 35.0 Å². The van der Waals surface area contributed by atoms with E-state index in [1.165, 1.54) is 69.4 Å². The summed E-state index contributed by atoms with van der Waals surface area (Å²) in [7, 11) is -2.46. The molecule has 17 nitrogen and oxygen atoms in total. The maximum absolute atomic E-state index is 13.3. The van der Waals surface area contributed by atoms with E-state index in [2.05, 4.69) is 60.9 Å². The Morgan fingerprint density at radius 1 is 0.579 bits per heavy atom. The highest BCUT2D eigenvalue weighted by Gasteiger charge is 2.48. The summed E-state index contributed by atoms with van der Waals surface area (Å²) in [6.45, 7) is 17.7. The van der Waals surface area contributed by atoms with Gasteiger partial charge in [0.2, 0.25) is 33.5 Å². The quantitative estimate of drug-likeness (QED) is 0.101. The second-order valence-electron chi connectivity index (χ2n) is 18.8. The highest BCUT2D eigenvalue weighted by atomic mass is 35.7. The summed E-state index contributed by atoms with van der Waals surface area (Å²) in [4.78, 5) is 28.0. The molecule has 1 N–H and O–H groups in total. The van der Waals surface area contributed by atoms with Crippen LogP contribution in [0.1, 0.15) is 94.7 Å². The van der Waals surface area contributed by atoms with Gasteiger partial charge >= 0.3 is 0 Å². The van der Waals surface area contributed by atoms with Crippen LogP contribution >= 0.6 is 10.7 Å². The second kappa shape index (κ2) is 26.4. The molecule has 4 aliphatic heterocycles. The first-order valence-corrected chi connectivity index (χ1v) is 29.2. The van der Waals surface area contributed by atoms with Gasteiger partial charge < -0.3 is 29.2 Å². The molecule has 6 aromatic rings. The van der Waals surface area contributed by atoms with E-state index in [1.807, 2.05) is 45.9 Å². The number of piperidine rings is 2. The van der Waals surface area contributed by atoms with Crippen LogP contribution in [0.4, 0.5) is 8.78 Å². The lowest BCUT2D eigenvalue weighted by molar-refractivity contribution is 0.0907. The molecule has 4 saturated heterocycles. The number of fused-ring (bicyclic) bond motifs is 4. The Bertz CT molecular complexity index is 3060. The first-order chi connectivity index (χ1) is 36.4. The Morgan fingerprint density at radius 3 is 1.38 bits per heavy atom. The topological polar surface area (TPSA) is 201 Å². The Morgan fingerprint density at radius 2 is 0.987 bits per heavy atom. The number of halogens is 3. The average molecular weight is 1110 g/mol. The lowest BCUT2D eigenvalue weighted by Crippen LogP contribution is -2.49. The monoisotopic (exact) mass is 1110 g/mol. The minimum atomic E-state index is -3.71. The number of sulfonamides is 1. The molecule has 4 aliphatic rings. The molecular weight excluding hydrogens is 1040 g/mol. The van der Waals surface area contributed by atoms with E-state index in [0.29, 0.717) is 65.5 Å². The third-order valence-corrected chi connectivity index (χ3v) is 17.1. The van der Waals surface area contributed by atoms with Crippen molar-refractivity contribution >= 4 is 29.8 Å². The van der Waals surface area contributed by atoms with E-state index in [4.69, 9.17) is 29.6 Å². The fourth-order valence-corrected chi connectivity index (χ4v) is 12.3. The maximum Gasteiger partial charge on any atom is 0.261 e. The highest BCUT2D eigenvalue weighted by Crippen LogP contribution is 2.42. The Balaban J connectivity index is 0.000000172. The number of pyridine rings is 2. The van der Waals surface area contributed by atoms with Crippen molar-refractivity contribution in [3.8, 4) is 35.0 Å². The van der Waals surface area contributed by atoms with Gasteiger partial charge in [0, 0.05) is 60.1 Å². The van der Waals surface area contributed by atoms with Crippen molar-refractivity contribution in [3.63, 3.8) is 0 Å². The fraction of sp³-hybridized carbons (Fsp3) is 0.444. The van der Waals surface area contributed by atoms with Gasteiger partial charge in [0.05, 0.1) is 32.3 Å². The van der Waals surface area contributed by atoms with Crippen molar-refractivity contribution in [1.82, 2.24) is 44.4 Å². The number of aromatic nitrogens is 6. The van der Waals surface area contributed by atoms with Crippen molar-refractivity contribution in [2.24, 2.45) is 0 Å². The van der Waals surface area contributed by atoms with Gasteiger partial charge in [-0.05, 0) is 159 Å². The van der Waals surface area contributed by atoms with E-state index in [9.17, 15) is 25.6 Å². The first-order valence-electron chi connectivity index (χ1n) is 25.5. The van der Waals surface area contributed by atoms with Gasteiger partial charge in [0.1, 0.15) is 36.5 Å². The normalized spacial score (nSPS) is 20.7. The number of nitrogens with zero attached hydrogens (tertiary/aromatic N) is 8. The van der Waals surface area contributed by atoms with Crippen LogP contribution in [0.25, 0.3) is 0 Å². The number of benzene rings is 2. The highest BCUT2D eigenvalue weighted by molar-refractivity contribution is 8.13. The van der Waals surface area contributed by atoms with Crippen LogP contribution in [-0.4, -0.2) is 112 Å². The first kappa shape index (κ1) is 57.7. The van der Waals surface area contributed by atoms with Crippen molar-refractivity contribution in [1.29, 1.82) is 0 Å². The van der Waals surface area contributed by atoms with Crippen LogP contribution < -0.4 is 24.3 Å². The molecule has 4 bridgehead atoms. The van der Waals surface area contributed by atoms with Crippen LogP contribution in [-0.2, 0) is 19.1 Å². The zero-order chi connectivity index (χ0) is 54.6. The summed E-state index contributed by atoms with van der Waals surface area (Å²) < 4.78 is 99.1. The largest absolute Gasteiger partial charge is 0.474 e. The lowest BCUT2D eigenvalue weighted by Gasteiger charge is -2.37. The Hall–Kier alpha value is -5.97. The van der Waals surface area contributed by atoms with Crippen LogP contribution in [0.15, 0.2) is 108 Å². The number of aryl methyl sites for hydroxylation is 2. The van der Waals surface area contributed by atoms with Crippen LogP contribution in [0.2, 0.25) is 0 Å². The van der Waals surface area contributed by atoms with Crippen LogP contribution in [0, 0.1) is 39.3 Å². The van der Waals surface area contributed by atoms with E-state index in [-0.39, 0.29) is 34.1 Å². The smallest absolute Gasteiger partial charge is 0.261 e. The number of nitrogens with one attached hydrogen (secondary N) is 1. The van der Waals surface area contributed by atoms with E-state index in [1.54, 1.807) is 22.8 Å². The van der Waals surface area contributed by atoms with E-state index in [0.717, 1.165) is 66.9 Å². The molecule has 0 spiro atoms. The molecule has 0 aliphatic carbocycles. The number of ether oxygens (including phenoxy) is 4. The zero-order valence-electron chi connectivity index (χ0n) is 43.8.